The van der Waals surface area contributed by atoms with Crippen molar-refractivity contribution >= 4 is 63.1 Å². The van der Waals surface area contributed by atoms with Crippen LogP contribution in [0.1, 0.15) is 26.8 Å². The van der Waals surface area contributed by atoms with Crippen LogP contribution in [0.15, 0.2) is 12.1 Å². The summed E-state index contributed by atoms with van der Waals surface area (Å²) < 4.78 is 6.29. The molecule has 3 rings (SSSR count). The molecule has 29 heavy (non-hydrogen) atoms. The van der Waals surface area contributed by atoms with Crippen LogP contribution in [-0.4, -0.2) is 43.0 Å². The van der Waals surface area contributed by atoms with E-state index in [1.54, 1.807) is 27.1 Å². The third kappa shape index (κ3) is 5.24. The smallest absolute Gasteiger partial charge is 0.321 e. The number of nitrogens with zero attached hydrogens (tertiary/aromatic N) is 5. The van der Waals surface area contributed by atoms with E-state index in [9.17, 15) is 9.59 Å². The summed E-state index contributed by atoms with van der Waals surface area (Å²) in [6.45, 7) is 2.24. The molecule has 3 amide bonds. The molecule has 0 unspecified atom stereocenters. The molecule has 0 aromatic carbocycles. The summed E-state index contributed by atoms with van der Waals surface area (Å²) in [4.78, 5) is 31.3. The summed E-state index contributed by atoms with van der Waals surface area (Å²) >= 11 is 14.4. The molecule has 0 aliphatic rings. The lowest BCUT2D eigenvalue weighted by atomic mass is 10.2. The minimum atomic E-state index is -0.403. The number of carbonyl (C=O) groups excluding carboxylic acids is 2. The van der Waals surface area contributed by atoms with Gasteiger partial charge in [-0.3, -0.25) is 14.8 Å². The maximum Gasteiger partial charge on any atom is 0.321 e. The second-order valence-electron chi connectivity index (χ2n) is 6.07. The fourth-order valence-electron chi connectivity index (χ4n) is 2.47. The highest BCUT2D eigenvalue weighted by Gasteiger charge is 2.23. The van der Waals surface area contributed by atoms with Crippen molar-refractivity contribution in [1.29, 1.82) is 0 Å². The first kappa shape index (κ1) is 21.5. The van der Waals surface area contributed by atoms with E-state index >= 15 is 0 Å². The summed E-state index contributed by atoms with van der Waals surface area (Å²) in [5, 5.41) is 10.1. The van der Waals surface area contributed by atoms with Crippen LogP contribution in [0, 0.1) is 6.92 Å². The van der Waals surface area contributed by atoms with Crippen molar-refractivity contribution in [3.8, 4) is 0 Å². The number of thiophene rings is 1. The first-order valence-electron chi connectivity index (χ1n) is 8.30. The van der Waals surface area contributed by atoms with Gasteiger partial charge in [-0.15, -0.1) is 11.3 Å². The molecule has 13 heteroatoms. The Morgan fingerprint density at radius 1 is 1.31 bits per heavy atom. The topological polar surface area (TPSA) is 105 Å². The number of rotatable bonds is 6. The zero-order chi connectivity index (χ0) is 21.1. The van der Waals surface area contributed by atoms with Crippen LogP contribution < -0.4 is 10.6 Å². The summed E-state index contributed by atoms with van der Waals surface area (Å²) in [6.07, 6.45) is 0. The van der Waals surface area contributed by atoms with Gasteiger partial charge in [0.25, 0.3) is 5.91 Å². The highest BCUT2D eigenvalue weighted by Crippen LogP contribution is 2.22. The molecular formula is C16H17Cl2N7O2S2. The molecule has 0 radical (unpaired) electrons. The van der Waals surface area contributed by atoms with Crippen molar-refractivity contribution in [2.24, 2.45) is 7.05 Å². The molecular weight excluding hydrogens is 457 g/mol. The van der Waals surface area contributed by atoms with Crippen LogP contribution in [0.3, 0.4) is 0 Å². The molecule has 0 saturated carbocycles. The Labute approximate surface area is 184 Å². The minimum absolute atomic E-state index is 0.164. The second kappa shape index (κ2) is 9.08. The molecule has 0 spiro atoms. The summed E-state index contributed by atoms with van der Waals surface area (Å²) in [5.41, 5.74) is 0.893. The number of anilines is 1. The van der Waals surface area contributed by atoms with Crippen molar-refractivity contribution in [2.75, 3.05) is 12.4 Å². The van der Waals surface area contributed by atoms with Gasteiger partial charge in [0.2, 0.25) is 5.13 Å². The Bertz CT molecular complexity index is 1050. The van der Waals surface area contributed by atoms with E-state index < -0.39 is 6.03 Å². The normalized spacial score (nSPS) is 10.8. The van der Waals surface area contributed by atoms with Gasteiger partial charge < -0.3 is 10.2 Å². The largest absolute Gasteiger partial charge is 0.334 e. The Balaban J connectivity index is 1.55. The van der Waals surface area contributed by atoms with E-state index in [1.807, 2.05) is 6.07 Å². The fraction of sp³-hybridized carbons (Fsp3) is 0.312. The van der Waals surface area contributed by atoms with Crippen LogP contribution in [0.2, 0.25) is 9.49 Å². The standard InChI is InChI=1S/C16H17Cl2N7O2S2/c1-8-12(13(18)25(3)22-8)14(26)24(2)7-11-20-16(29-23-11)21-15(27)19-6-9-4-5-10(17)28-9/h4-5H,6-7H2,1-3H3,(H2,19,20,21,23,27). The molecule has 2 N–H and O–H groups in total. The number of nitrogens with one attached hydrogen (secondary N) is 2. The molecule has 3 aromatic heterocycles. The first-order chi connectivity index (χ1) is 13.7. The number of halogens is 2. The molecule has 154 valence electrons. The highest BCUT2D eigenvalue weighted by molar-refractivity contribution is 7.16. The van der Waals surface area contributed by atoms with Gasteiger partial charge in [0.15, 0.2) is 5.82 Å². The Kier molecular flexibility index (Phi) is 6.73. The van der Waals surface area contributed by atoms with Gasteiger partial charge >= 0.3 is 6.03 Å². The van der Waals surface area contributed by atoms with Crippen molar-refractivity contribution in [3.63, 3.8) is 0 Å². The van der Waals surface area contributed by atoms with Crippen molar-refractivity contribution in [3.05, 3.63) is 43.6 Å². The third-order valence-corrected chi connectivity index (χ3v) is 6.17. The lowest BCUT2D eigenvalue weighted by Crippen LogP contribution is -2.28. The molecule has 0 atom stereocenters. The highest BCUT2D eigenvalue weighted by atomic mass is 35.5. The fourth-order valence-corrected chi connectivity index (χ4v) is 4.33. The molecule has 0 aliphatic heterocycles. The number of carbonyl (C=O) groups is 2. The van der Waals surface area contributed by atoms with E-state index in [4.69, 9.17) is 23.2 Å². The van der Waals surface area contributed by atoms with Crippen LogP contribution >= 0.6 is 46.1 Å². The van der Waals surface area contributed by atoms with E-state index in [2.05, 4.69) is 25.1 Å². The van der Waals surface area contributed by atoms with Crippen molar-refractivity contribution in [2.45, 2.75) is 20.0 Å². The number of amides is 3. The Morgan fingerprint density at radius 3 is 2.69 bits per heavy atom. The molecule has 0 saturated heterocycles. The van der Waals surface area contributed by atoms with Crippen molar-refractivity contribution < 1.29 is 9.59 Å². The molecule has 9 nitrogen and oxygen atoms in total. The zero-order valence-electron chi connectivity index (χ0n) is 15.7. The Morgan fingerprint density at radius 2 is 2.07 bits per heavy atom. The van der Waals surface area contributed by atoms with E-state index in [0.29, 0.717) is 33.1 Å². The molecule has 0 fully saturated rings. The van der Waals surface area contributed by atoms with Gasteiger partial charge in [-0.25, -0.2) is 9.78 Å². The Hall–Kier alpha value is -2.21. The third-order valence-electron chi connectivity index (χ3n) is 3.83. The number of aromatic nitrogens is 4. The van der Waals surface area contributed by atoms with Crippen LogP contribution in [-0.2, 0) is 20.1 Å². The molecule has 0 bridgehead atoms. The van der Waals surface area contributed by atoms with E-state index in [-0.39, 0.29) is 17.6 Å². The lowest BCUT2D eigenvalue weighted by molar-refractivity contribution is 0.0781. The van der Waals surface area contributed by atoms with E-state index in [0.717, 1.165) is 16.4 Å². The van der Waals surface area contributed by atoms with Crippen LogP contribution in [0.4, 0.5) is 9.93 Å². The zero-order valence-corrected chi connectivity index (χ0v) is 18.8. The monoisotopic (exact) mass is 473 g/mol. The van der Waals surface area contributed by atoms with Crippen LogP contribution in [0.25, 0.3) is 0 Å². The molecule has 3 aromatic rings. The predicted molar refractivity (Wildman–Crippen MR) is 114 cm³/mol. The maximum absolute atomic E-state index is 12.7. The minimum Gasteiger partial charge on any atom is -0.334 e. The number of urea groups is 1. The quantitative estimate of drug-likeness (QED) is 0.569. The van der Waals surface area contributed by atoms with Gasteiger partial charge in [-0.2, -0.15) is 9.47 Å². The van der Waals surface area contributed by atoms with Gasteiger partial charge in [-0.05, 0) is 19.1 Å². The number of hydrogen-bond donors (Lipinski definition) is 2. The SMILES string of the molecule is Cc1nn(C)c(Cl)c1C(=O)N(C)Cc1nsc(NC(=O)NCc2ccc(Cl)s2)n1. The van der Waals surface area contributed by atoms with Crippen molar-refractivity contribution in [1.82, 2.24) is 29.4 Å². The van der Waals surface area contributed by atoms with Gasteiger partial charge in [0.1, 0.15) is 5.15 Å². The summed E-state index contributed by atoms with van der Waals surface area (Å²) in [7, 11) is 3.29. The first-order valence-corrected chi connectivity index (χ1v) is 10.7. The maximum atomic E-state index is 12.7. The van der Waals surface area contributed by atoms with E-state index in [1.165, 1.54) is 20.9 Å². The van der Waals surface area contributed by atoms with Gasteiger partial charge in [0.05, 0.1) is 28.7 Å². The second-order valence-corrected chi connectivity index (χ2v) is 8.97. The summed E-state index contributed by atoms with van der Waals surface area (Å²) in [5.74, 6) is 0.126. The number of hydrogen-bond acceptors (Lipinski definition) is 7. The number of aryl methyl sites for hydroxylation is 2. The predicted octanol–water partition coefficient (Wildman–Crippen LogP) is 3.54. The molecule has 3 heterocycles. The van der Waals surface area contributed by atoms with Crippen LogP contribution in [0.5, 0.6) is 0 Å². The molecule has 0 aliphatic carbocycles. The average molecular weight is 474 g/mol. The summed E-state index contributed by atoms with van der Waals surface area (Å²) in [6, 6.07) is 3.22. The van der Waals surface area contributed by atoms with Gasteiger partial charge in [-0.1, -0.05) is 23.2 Å². The van der Waals surface area contributed by atoms with Gasteiger partial charge in [0, 0.05) is 30.5 Å². The lowest BCUT2D eigenvalue weighted by Gasteiger charge is -2.15. The average Bonchev–Trinajstić information content (AvgIpc) is 3.34.